The fourth-order valence-electron chi connectivity index (χ4n) is 2.53. The average molecular weight is 340 g/mol. The summed E-state index contributed by atoms with van der Waals surface area (Å²) in [6, 6.07) is 6.36. The predicted octanol–water partition coefficient (Wildman–Crippen LogP) is 1.39. The van der Waals surface area contributed by atoms with Crippen molar-refractivity contribution in [1.29, 1.82) is 0 Å². The summed E-state index contributed by atoms with van der Waals surface area (Å²) >= 11 is 0. The molecule has 0 saturated carbocycles. The molecule has 1 saturated heterocycles. The number of benzene rings is 1. The molecule has 0 aliphatic carbocycles. The van der Waals surface area contributed by atoms with Crippen LogP contribution in [0.5, 0.6) is 0 Å². The molecule has 1 fully saturated rings. The molecule has 23 heavy (non-hydrogen) atoms. The Morgan fingerprint density at radius 2 is 2.04 bits per heavy atom. The number of carboxylic acid groups (broad SMARTS) is 1. The van der Waals surface area contributed by atoms with Crippen LogP contribution in [-0.2, 0) is 14.8 Å². The number of sulfonamides is 1. The normalized spacial score (nSPS) is 18.5. The summed E-state index contributed by atoms with van der Waals surface area (Å²) in [4.78, 5) is 25.3. The van der Waals surface area contributed by atoms with Crippen LogP contribution in [0.1, 0.15) is 30.1 Å². The summed E-state index contributed by atoms with van der Waals surface area (Å²) in [6.07, 6.45) is 1.16. The first-order valence-electron chi connectivity index (χ1n) is 7.45. The van der Waals surface area contributed by atoms with E-state index in [1.165, 1.54) is 17.9 Å². The highest BCUT2D eigenvalue weighted by Crippen LogP contribution is 2.23. The number of likely N-dealkylation sites (tertiary alicyclic amines) is 1. The van der Waals surface area contributed by atoms with Crippen LogP contribution in [0.3, 0.4) is 0 Å². The number of carbonyl (C=O) groups excluding carboxylic acids is 1. The number of piperidine rings is 1. The van der Waals surface area contributed by atoms with Crippen LogP contribution in [0.15, 0.2) is 24.3 Å². The van der Waals surface area contributed by atoms with Gasteiger partial charge in [0, 0.05) is 13.1 Å². The van der Waals surface area contributed by atoms with Gasteiger partial charge in [-0.1, -0.05) is 12.1 Å². The lowest BCUT2D eigenvalue weighted by Crippen LogP contribution is -2.42. The summed E-state index contributed by atoms with van der Waals surface area (Å²) in [7, 11) is -3.50. The molecule has 0 spiro atoms. The van der Waals surface area contributed by atoms with Crippen molar-refractivity contribution in [3.63, 3.8) is 0 Å². The number of hydrogen-bond donors (Lipinski definition) is 2. The highest BCUT2D eigenvalue weighted by Gasteiger charge is 2.29. The van der Waals surface area contributed by atoms with E-state index in [0.29, 0.717) is 19.4 Å². The molecule has 1 atom stereocenters. The van der Waals surface area contributed by atoms with Gasteiger partial charge in [0.05, 0.1) is 22.9 Å². The molecule has 1 heterocycles. The molecule has 1 aromatic rings. The van der Waals surface area contributed by atoms with Gasteiger partial charge in [0.2, 0.25) is 10.0 Å². The van der Waals surface area contributed by atoms with Crippen LogP contribution >= 0.6 is 0 Å². The van der Waals surface area contributed by atoms with Crippen LogP contribution in [-0.4, -0.2) is 49.1 Å². The lowest BCUT2D eigenvalue weighted by molar-refractivity contribution is -0.143. The summed E-state index contributed by atoms with van der Waals surface area (Å²) in [5, 5.41) is 9.12. The van der Waals surface area contributed by atoms with Crippen LogP contribution in [0, 0.1) is 5.92 Å². The smallest absolute Gasteiger partial charge is 0.308 e. The Hall–Kier alpha value is -2.09. The number of amides is 1. The maximum Gasteiger partial charge on any atom is 0.308 e. The second kappa shape index (κ2) is 6.99. The third-order valence-corrected chi connectivity index (χ3v) is 5.15. The zero-order valence-corrected chi connectivity index (χ0v) is 13.7. The maximum absolute atomic E-state index is 12.7. The minimum absolute atomic E-state index is 0.0969. The molecule has 2 N–H and O–H groups in total. The second-order valence-corrected chi connectivity index (χ2v) is 7.49. The summed E-state index contributed by atoms with van der Waals surface area (Å²) < 4.78 is 25.9. The number of para-hydroxylation sites is 1. The molecule has 0 radical (unpaired) electrons. The molecular weight excluding hydrogens is 320 g/mol. The van der Waals surface area contributed by atoms with Crippen molar-refractivity contribution >= 4 is 27.6 Å². The molecule has 0 bridgehead atoms. The number of aliphatic carboxylic acids is 1. The van der Waals surface area contributed by atoms with Crippen molar-refractivity contribution in [3.8, 4) is 0 Å². The molecule has 1 aliphatic heterocycles. The van der Waals surface area contributed by atoms with E-state index < -0.39 is 21.9 Å². The predicted molar refractivity (Wildman–Crippen MR) is 85.8 cm³/mol. The van der Waals surface area contributed by atoms with E-state index in [1.807, 2.05) is 0 Å². The Bertz CT molecular complexity index is 702. The molecule has 7 nitrogen and oxygen atoms in total. The zero-order chi connectivity index (χ0) is 17.0. The van der Waals surface area contributed by atoms with Gasteiger partial charge in [-0.05, 0) is 31.9 Å². The van der Waals surface area contributed by atoms with Crippen molar-refractivity contribution in [2.75, 3.05) is 23.6 Å². The Balaban J connectivity index is 2.24. The summed E-state index contributed by atoms with van der Waals surface area (Å²) in [5.74, 6) is -1.94. The van der Waals surface area contributed by atoms with Crippen molar-refractivity contribution in [3.05, 3.63) is 29.8 Å². The van der Waals surface area contributed by atoms with Gasteiger partial charge in [-0.15, -0.1) is 0 Å². The number of carbonyl (C=O) groups is 2. The maximum atomic E-state index is 12.7. The second-order valence-electron chi connectivity index (χ2n) is 5.48. The number of nitrogens with one attached hydrogen (secondary N) is 1. The van der Waals surface area contributed by atoms with Gasteiger partial charge in [-0.3, -0.25) is 14.3 Å². The van der Waals surface area contributed by atoms with E-state index in [2.05, 4.69) is 4.72 Å². The lowest BCUT2D eigenvalue weighted by Gasteiger charge is -2.31. The largest absolute Gasteiger partial charge is 0.481 e. The highest BCUT2D eigenvalue weighted by atomic mass is 32.2. The SMILES string of the molecule is CCS(=O)(=O)Nc1ccccc1C(=O)N1CCC[C@H](C(=O)O)C1. The first-order valence-corrected chi connectivity index (χ1v) is 9.11. The van der Waals surface area contributed by atoms with Crippen LogP contribution in [0.25, 0.3) is 0 Å². The quantitative estimate of drug-likeness (QED) is 0.843. The van der Waals surface area contributed by atoms with E-state index >= 15 is 0 Å². The third-order valence-electron chi connectivity index (χ3n) is 3.86. The van der Waals surface area contributed by atoms with Gasteiger partial charge < -0.3 is 10.0 Å². The van der Waals surface area contributed by atoms with Crippen molar-refractivity contribution in [2.45, 2.75) is 19.8 Å². The van der Waals surface area contributed by atoms with E-state index in [4.69, 9.17) is 5.11 Å². The van der Waals surface area contributed by atoms with Crippen LogP contribution in [0.4, 0.5) is 5.69 Å². The number of nitrogens with zero attached hydrogens (tertiary/aromatic N) is 1. The van der Waals surface area contributed by atoms with E-state index in [0.717, 1.165) is 0 Å². The van der Waals surface area contributed by atoms with Gasteiger partial charge in [0.15, 0.2) is 0 Å². The Morgan fingerprint density at radius 1 is 1.35 bits per heavy atom. The van der Waals surface area contributed by atoms with Crippen LogP contribution < -0.4 is 4.72 Å². The van der Waals surface area contributed by atoms with Gasteiger partial charge in [-0.2, -0.15) is 0 Å². The molecule has 1 amide bonds. The van der Waals surface area contributed by atoms with Crippen molar-refractivity contribution in [2.24, 2.45) is 5.92 Å². The van der Waals surface area contributed by atoms with Gasteiger partial charge in [0.1, 0.15) is 0 Å². The van der Waals surface area contributed by atoms with Crippen molar-refractivity contribution < 1.29 is 23.1 Å². The number of carboxylic acids is 1. The minimum atomic E-state index is -3.50. The number of rotatable bonds is 5. The molecule has 126 valence electrons. The first kappa shape index (κ1) is 17.3. The van der Waals surface area contributed by atoms with Gasteiger partial charge >= 0.3 is 5.97 Å². The molecule has 8 heteroatoms. The topological polar surface area (TPSA) is 104 Å². The standard InChI is InChI=1S/C15H20N2O5S/c1-2-23(21,22)16-13-8-4-3-7-12(13)14(18)17-9-5-6-11(10-17)15(19)20/h3-4,7-8,11,16H,2,5-6,9-10H2,1H3,(H,19,20)/t11-/m0/s1. The molecule has 1 aromatic carbocycles. The summed E-state index contributed by atoms with van der Waals surface area (Å²) in [6.45, 7) is 2.12. The molecule has 1 aliphatic rings. The molecular formula is C15H20N2O5S. The fourth-order valence-corrected chi connectivity index (χ4v) is 3.19. The molecule has 2 rings (SSSR count). The lowest BCUT2D eigenvalue weighted by atomic mass is 9.97. The number of hydrogen-bond acceptors (Lipinski definition) is 4. The summed E-state index contributed by atoms with van der Waals surface area (Å²) in [5.41, 5.74) is 0.451. The van der Waals surface area contributed by atoms with E-state index in [-0.39, 0.29) is 29.5 Å². The van der Waals surface area contributed by atoms with Gasteiger partial charge in [0.25, 0.3) is 5.91 Å². The minimum Gasteiger partial charge on any atom is -0.481 e. The van der Waals surface area contributed by atoms with Crippen LogP contribution in [0.2, 0.25) is 0 Å². The number of anilines is 1. The van der Waals surface area contributed by atoms with Gasteiger partial charge in [-0.25, -0.2) is 8.42 Å². The Kier molecular flexibility index (Phi) is 5.25. The average Bonchev–Trinajstić information content (AvgIpc) is 2.54. The van der Waals surface area contributed by atoms with E-state index in [1.54, 1.807) is 18.2 Å². The monoisotopic (exact) mass is 340 g/mol. The Morgan fingerprint density at radius 3 is 2.70 bits per heavy atom. The molecule has 0 aromatic heterocycles. The highest BCUT2D eigenvalue weighted by molar-refractivity contribution is 7.92. The third kappa shape index (κ3) is 4.22. The van der Waals surface area contributed by atoms with Crippen molar-refractivity contribution in [1.82, 2.24) is 4.90 Å². The zero-order valence-electron chi connectivity index (χ0n) is 12.9. The fraction of sp³-hybridized carbons (Fsp3) is 0.467. The Labute approximate surface area is 135 Å². The molecule has 0 unspecified atom stereocenters. The first-order chi connectivity index (χ1) is 10.8. The van der Waals surface area contributed by atoms with E-state index in [9.17, 15) is 18.0 Å².